The van der Waals surface area contributed by atoms with Crippen molar-refractivity contribution in [3.8, 4) is 0 Å². The predicted molar refractivity (Wildman–Crippen MR) is 75.8 cm³/mol. The molecule has 0 fully saturated rings. The molecule has 2 rings (SSSR count). The summed E-state index contributed by atoms with van der Waals surface area (Å²) in [6.07, 6.45) is 2.93. The minimum absolute atomic E-state index is 0.668. The fourth-order valence-corrected chi connectivity index (χ4v) is 2.04. The van der Waals surface area contributed by atoms with Gasteiger partial charge >= 0.3 is 0 Å². The van der Waals surface area contributed by atoms with Gasteiger partial charge in [0.1, 0.15) is 0 Å². The third-order valence-electron chi connectivity index (χ3n) is 2.96. The van der Waals surface area contributed by atoms with Crippen molar-refractivity contribution in [1.29, 1.82) is 0 Å². The van der Waals surface area contributed by atoms with E-state index >= 15 is 0 Å². The molecule has 1 aromatic carbocycles. The maximum absolute atomic E-state index is 5.14. The fourth-order valence-electron chi connectivity index (χ4n) is 2.04. The smallest absolute Gasteiger partial charge is 0.0713 e. The van der Waals surface area contributed by atoms with Crippen LogP contribution in [0.1, 0.15) is 16.8 Å². The molecule has 0 bridgehead atoms. The highest BCUT2D eigenvalue weighted by molar-refractivity contribution is 5.22. The number of ether oxygens (including phenoxy) is 1. The Bertz CT molecular complexity index is 508. The first-order valence-electron chi connectivity index (χ1n) is 6.54. The van der Waals surface area contributed by atoms with Crippen LogP contribution < -0.4 is 5.32 Å². The van der Waals surface area contributed by atoms with Gasteiger partial charge in [-0.15, -0.1) is 0 Å². The van der Waals surface area contributed by atoms with E-state index in [-0.39, 0.29) is 0 Å². The van der Waals surface area contributed by atoms with Crippen LogP contribution in [0.25, 0.3) is 0 Å². The van der Waals surface area contributed by atoms with Crippen molar-refractivity contribution in [3.05, 3.63) is 53.3 Å². The lowest BCUT2D eigenvalue weighted by Gasteiger charge is -2.06. The predicted octanol–water partition coefficient (Wildman–Crippen LogP) is 1.90. The van der Waals surface area contributed by atoms with Gasteiger partial charge in [-0.3, -0.25) is 4.68 Å². The Morgan fingerprint density at radius 3 is 2.84 bits per heavy atom. The van der Waals surface area contributed by atoms with E-state index in [2.05, 4.69) is 40.7 Å². The molecule has 4 nitrogen and oxygen atoms in total. The monoisotopic (exact) mass is 259 g/mol. The Kier molecular flexibility index (Phi) is 5.12. The largest absolute Gasteiger partial charge is 0.380 e. The van der Waals surface area contributed by atoms with Crippen LogP contribution in [0.15, 0.2) is 36.5 Å². The molecule has 0 radical (unpaired) electrons. The first-order valence-corrected chi connectivity index (χ1v) is 6.54. The van der Waals surface area contributed by atoms with Crippen LogP contribution >= 0.6 is 0 Å². The van der Waals surface area contributed by atoms with Gasteiger partial charge in [0.2, 0.25) is 0 Å². The molecule has 19 heavy (non-hydrogen) atoms. The van der Waals surface area contributed by atoms with Crippen molar-refractivity contribution < 1.29 is 4.74 Å². The molecule has 102 valence electrons. The molecule has 0 aliphatic heterocycles. The van der Waals surface area contributed by atoms with Crippen LogP contribution in [0.5, 0.6) is 0 Å². The van der Waals surface area contributed by atoms with E-state index in [9.17, 15) is 0 Å². The molecular weight excluding hydrogens is 238 g/mol. The Morgan fingerprint density at radius 2 is 2.11 bits per heavy atom. The second-order valence-electron chi connectivity index (χ2n) is 4.66. The third kappa shape index (κ3) is 4.50. The van der Waals surface area contributed by atoms with Gasteiger partial charge in [-0.2, -0.15) is 5.10 Å². The van der Waals surface area contributed by atoms with Crippen molar-refractivity contribution in [2.24, 2.45) is 7.05 Å². The highest BCUT2D eigenvalue weighted by Crippen LogP contribution is 2.06. The van der Waals surface area contributed by atoms with Gasteiger partial charge in [0.05, 0.1) is 12.3 Å². The van der Waals surface area contributed by atoms with Gasteiger partial charge in [0.25, 0.3) is 0 Å². The van der Waals surface area contributed by atoms with E-state index in [1.165, 1.54) is 11.1 Å². The standard InChI is InChI=1S/C15H21N3O/c1-18-9-7-15(17-18)6-8-16-11-13-4-3-5-14(10-13)12-19-2/h3-5,7,9-10,16H,6,8,11-12H2,1-2H3. The molecule has 0 saturated carbocycles. The topological polar surface area (TPSA) is 39.1 Å². The van der Waals surface area contributed by atoms with Gasteiger partial charge in [0, 0.05) is 39.9 Å². The summed E-state index contributed by atoms with van der Waals surface area (Å²) in [6.45, 7) is 2.48. The van der Waals surface area contributed by atoms with E-state index in [4.69, 9.17) is 4.74 Å². The van der Waals surface area contributed by atoms with E-state index in [0.29, 0.717) is 6.61 Å². The van der Waals surface area contributed by atoms with Crippen LogP contribution in [-0.4, -0.2) is 23.4 Å². The second-order valence-corrected chi connectivity index (χ2v) is 4.66. The van der Waals surface area contributed by atoms with Crippen molar-refractivity contribution in [2.75, 3.05) is 13.7 Å². The minimum atomic E-state index is 0.668. The maximum Gasteiger partial charge on any atom is 0.0713 e. The lowest BCUT2D eigenvalue weighted by atomic mass is 10.1. The summed E-state index contributed by atoms with van der Waals surface area (Å²) in [6, 6.07) is 10.5. The van der Waals surface area contributed by atoms with E-state index in [1.807, 2.05) is 17.9 Å². The molecule has 0 atom stereocenters. The maximum atomic E-state index is 5.14. The zero-order chi connectivity index (χ0) is 13.5. The molecule has 4 heteroatoms. The molecule has 0 aliphatic carbocycles. The van der Waals surface area contributed by atoms with Crippen molar-refractivity contribution in [2.45, 2.75) is 19.6 Å². The SMILES string of the molecule is COCc1cccc(CNCCc2ccn(C)n2)c1. The zero-order valence-electron chi connectivity index (χ0n) is 11.6. The summed E-state index contributed by atoms with van der Waals surface area (Å²) in [5, 5.41) is 7.79. The van der Waals surface area contributed by atoms with Crippen molar-refractivity contribution in [1.82, 2.24) is 15.1 Å². The van der Waals surface area contributed by atoms with Crippen molar-refractivity contribution in [3.63, 3.8) is 0 Å². The van der Waals surface area contributed by atoms with Crippen LogP contribution in [-0.2, 0) is 31.4 Å². The quantitative estimate of drug-likeness (QED) is 0.772. The number of aryl methyl sites for hydroxylation is 1. The van der Waals surface area contributed by atoms with Crippen LogP contribution in [0.2, 0.25) is 0 Å². The third-order valence-corrected chi connectivity index (χ3v) is 2.96. The summed E-state index contributed by atoms with van der Waals surface area (Å²) in [7, 11) is 3.66. The Labute approximate surface area is 114 Å². The molecule has 0 aliphatic rings. The summed E-state index contributed by atoms with van der Waals surface area (Å²) in [4.78, 5) is 0. The normalized spacial score (nSPS) is 10.8. The second kappa shape index (κ2) is 7.07. The van der Waals surface area contributed by atoms with Gasteiger partial charge in [-0.05, 0) is 17.2 Å². The number of rotatable bonds is 7. The highest BCUT2D eigenvalue weighted by Gasteiger charge is 1.98. The molecule has 1 N–H and O–H groups in total. The van der Waals surface area contributed by atoms with Crippen LogP contribution in [0.3, 0.4) is 0 Å². The van der Waals surface area contributed by atoms with Gasteiger partial charge in [0.15, 0.2) is 0 Å². The number of aromatic nitrogens is 2. The minimum Gasteiger partial charge on any atom is -0.380 e. The average molecular weight is 259 g/mol. The fraction of sp³-hybridized carbons (Fsp3) is 0.400. The lowest BCUT2D eigenvalue weighted by molar-refractivity contribution is 0.185. The number of benzene rings is 1. The van der Waals surface area contributed by atoms with Crippen LogP contribution in [0, 0.1) is 0 Å². The average Bonchev–Trinajstić information content (AvgIpc) is 2.82. The molecule has 1 aromatic heterocycles. The first-order chi connectivity index (χ1) is 9.28. The Hall–Kier alpha value is -1.65. The molecule has 2 aromatic rings. The summed E-state index contributed by atoms with van der Waals surface area (Å²) in [5.41, 5.74) is 3.63. The number of hydrogen-bond acceptors (Lipinski definition) is 3. The van der Waals surface area contributed by atoms with E-state index in [0.717, 1.165) is 25.2 Å². The Balaban J connectivity index is 1.74. The molecule has 0 unspecified atom stereocenters. The van der Waals surface area contributed by atoms with Gasteiger partial charge in [-0.25, -0.2) is 0 Å². The molecule has 1 heterocycles. The summed E-state index contributed by atoms with van der Waals surface area (Å²) < 4.78 is 6.97. The highest BCUT2D eigenvalue weighted by atomic mass is 16.5. The summed E-state index contributed by atoms with van der Waals surface area (Å²) in [5.74, 6) is 0. The molecule has 0 amide bonds. The summed E-state index contributed by atoms with van der Waals surface area (Å²) >= 11 is 0. The Morgan fingerprint density at radius 1 is 1.26 bits per heavy atom. The van der Waals surface area contributed by atoms with Gasteiger partial charge < -0.3 is 10.1 Å². The first kappa shape index (κ1) is 13.8. The number of nitrogens with zero attached hydrogens (tertiary/aromatic N) is 2. The lowest BCUT2D eigenvalue weighted by Crippen LogP contribution is -2.17. The number of methoxy groups -OCH3 is 1. The molecule has 0 spiro atoms. The molecule has 0 saturated heterocycles. The number of nitrogens with one attached hydrogen (secondary N) is 1. The van der Waals surface area contributed by atoms with Gasteiger partial charge in [-0.1, -0.05) is 24.3 Å². The zero-order valence-corrected chi connectivity index (χ0v) is 11.6. The van der Waals surface area contributed by atoms with Crippen molar-refractivity contribution >= 4 is 0 Å². The number of hydrogen-bond donors (Lipinski definition) is 1. The van der Waals surface area contributed by atoms with E-state index in [1.54, 1.807) is 7.11 Å². The molecular formula is C15H21N3O. The van der Waals surface area contributed by atoms with Crippen LogP contribution in [0.4, 0.5) is 0 Å². The van der Waals surface area contributed by atoms with E-state index < -0.39 is 0 Å².